The van der Waals surface area contributed by atoms with Gasteiger partial charge in [-0.3, -0.25) is 10.1 Å². The van der Waals surface area contributed by atoms with Crippen LogP contribution in [-0.2, 0) is 10.0 Å². The van der Waals surface area contributed by atoms with Gasteiger partial charge in [0.15, 0.2) is 16.4 Å². The van der Waals surface area contributed by atoms with Gasteiger partial charge in [0.05, 0.1) is 11.0 Å². The minimum absolute atomic E-state index is 0. The van der Waals surface area contributed by atoms with Gasteiger partial charge in [-0.05, 0) is 13.0 Å². The minimum atomic E-state index is -4.03. The summed E-state index contributed by atoms with van der Waals surface area (Å²) in [5, 5.41) is 14.5. The molecule has 0 bridgehead atoms. The van der Waals surface area contributed by atoms with Gasteiger partial charge in [-0.1, -0.05) is 0 Å². The first-order chi connectivity index (χ1) is 12.5. The van der Waals surface area contributed by atoms with Gasteiger partial charge in [-0.2, -0.15) is 0 Å². The molecule has 10 nitrogen and oxygen atoms in total. The van der Waals surface area contributed by atoms with Crippen molar-refractivity contribution in [1.29, 1.82) is 0 Å². The highest BCUT2D eigenvalue weighted by atomic mass is 35.5. The van der Waals surface area contributed by atoms with Crippen LogP contribution in [0.2, 0.25) is 0 Å². The quantitative estimate of drug-likeness (QED) is 0.349. The standard InChI is InChI=1S/C15H22N4O6S.2ClH/c20-19(21)12-10-13-14(25-9-8-24-13)11-15(12)26(22,23)17-2-1-5-18-6-3-16-4-7-18;;/h10-11,16-17H,1-9H2;2*1H. The zero-order valence-electron chi connectivity index (χ0n) is 15.1. The van der Waals surface area contributed by atoms with Crippen molar-refractivity contribution < 1.29 is 22.8 Å². The molecule has 0 atom stereocenters. The van der Waals surface area contributed by atoms with Crippen LogP contribution in [0, 0.1) is 10.1 Å². The smallest absolute Gasteiger partial charge is 0.293 e. The number of nitro groups is 1. The molecule has 2 aliphatic heterocycles. The third kappa shape index (κ3) is 6.06. The van der Waals surface area contributed by atoms with E-state index in [4.69, 9.17) is 9.47 Å². The van der Waals surface area contributed by atoms with Gasteiger partial charge in [0.1, 0.15) is 13.2 Å². The Hall–Kier alpha value is -1.37. The molecule has 3 rings (SSSR count). The summed E-state index contributed by atoms with van der Waals surface area (Å²) in [6.07, 6.45) is 0.623. The van der Waals surface area contributed by atoms with Crippen molar-refractivity contribution in [1.82, 2.24) is 14.9 Å². The number of piperazine rings is 1. The van der Waals surface area contributed by atoms with Crippen LogP contribution in [0.4, 0.5) is 5.69 Å². The molecule has 1 saturated heterocycles. The average Bonchev–Trinajstić information content (AvgIpc) is 2.65. The lowest BCUT2D eigenvalue weighted by atomic mass is 10.2. The average molecular weight is 459 g/mol. The maximum Gasteiger partial charge on any atom is 0.293 e. The summed E-state index contributed by atoms with van der Waals surface area (Å²) in [6, 6.07) is 2.26. The van der Waals surface area contributed by atoms with Crippen LogP contribution in [0.3, 0.4) is 0 Å². The van der Waals surface area contributed by atoms with Gasteiger partial charge >= 0.3 is 0 Å². The van der Waals surface area contributed by atoms with Crippen LogP contribution in [0.25, 0.3) is 0 Å². The summed E-state index contributed by atoms with van der Waals surface area (Å²) in [6.45, 7) is 5.22. The summed E-state index contributed by atoms with van der Waals surface area (Å²) < 4.78 is 38.2. The number of nitrogens with one attached hydrogen (secondary N) is 2. The first-order valence-corrected chi connectivity index (χ1v) is 9.96. The molecule has 0 spiro atoms. The Kier molecular flexibility index (Phi) is 9.67. The molecule has 13 heteroatoms. The van der Waals surface area contributed by atoms with Crippen molar-refractivity contribution >= 4 is 40.5 Å². The largest absolute Gasteiger partial charge is 0.486 e. The van der Waals surface area contributed by atoms with Crippen LogP contribution in [-0.4, -0.2) is 70.7 Å². The molecule has 0 aliphatic carbocycles. The van der Waals surface area contributed by atoms with Crippen LogP contribution in [0.15, 0.2) is 17.0 Å². The molecule has 160 valence electrons. The molecule has 0 saturated carbocycles. The molecule has 1 fully saturated rings. The Morgan fingerprint density at radius 1 is 1.14 bits per heavy atom. The number of nitrogens with zero attached hydrogens (tertiary/aromatic N) is 2. The fraction of sp³-hybridized carbons (Fsp3) is 0.600. The highest BCUT2D eigenvalue weighted by Crippen LogP contribution is 2.38. The Morgan fingerprint density at radius 2 is 1.75 bits per heavy atom. The molecule has 0 unspecified atom stereocenters. The maximum absolute atomic E-state index is 12.6. The van der Waals surface area contributed by atoms with Crippen LogP contribution < -0.4 is 19.5 Å². The first kappa shape index (κ1) is 24.7. The second kappa shape index (κ2) is 11.0. The normalized spacial score (nSPS) is 16.6. The van der Waals surface area contributed by atoms with Crippen LogP contribution in [0.1, 0.15) is 6.42 Å². The van der Waals surface area contributed by atoms with E-state index in [0.717, 1.165) is 44.9 Å². The van der Waals surface area contributed by atoms with Gasteiger partial charge in [-0.15, -0.1) is 24.8 Å². The highest BCUT2D eigenvalue weighted by Gasteiger charge is 2.30. The summed E-state index contributed by atoms with van der Waals surface area (Å²) >= 11 is 0. The van der Waals surface area contributed by atoms with Gasteiger partial charge in [-0.25, -0.2) is 13.1 Å². The van der Waals surface area contributed by atoms with E-state index in [2.05, 4.69) is 14.9 Å². The zero-order chi connectivity index (χ0) is 18.6. The zero-order valence-corrected chi connectivity index (χ0v) is 17.5. The van der Waals surface area contributed by atoms with E-state index in [0.29, 0.717) is 6.42 Å². The Morgan fingerprint density at radius 3 is 2.36 bits per heavy atom. The molecule has 0 amide bonds. The molecule has 0 radical (unpaired) electrons. The summed E-state index contributed by atoms with van der Waals surface area (Å²) in [4.78, 5) is 12.4. The molecule has 0 aromatic heterocycles. The molecular weight excluding hydrogens is 435 g/mol. The fourth-order valence-electron chi connectivity index (χ4n) is 2.94. The van der Waals surface area contributed by atoms with E-state index in [1.54, 1.807) is 0 Å². The molecule has 1 aromatic rings. The van der Waals surface area contributed by atoms with Crippen molar-refractivity contribution in [2.45, 2.75) is 11.3 Å². The van der Waals surface area contributed by atoms with E-state index in [9.17, 15) is 18.5 Å². The summed E-state index contributed by atoms with van der Waals surface area (Å²) in [7, 11) is -4.03. The number of rotatable bonds is 7. The second-order valence-electron chi connectivity index (χ2n) is 6.06. The maximum atomic E-state index is 12.6. The van der Waals surface area contributed by atoms with Crippen molar-refractivity contribution in [2.75, 3.05) is 52.5 Å². The van der Waals surface area contributed by atoms with Gasteiger partial charge < -0.3 is 19.7 Å². The van der Waals surface area contributed by atoms with E-state index in [1.807, 2.05) is 0 Å². The van der Waals surface area contributed by atoms with Crippen molar-refractivity contribution in [3.8, 4) is 11.5 Å². The first-order valence-electron chi connectivity index (χ1n) is 8.48. The Labute approximate surface area is 176 Å². The van der Waals surface area contributed by atoms with E-state index < -0.39 is 25.5 Å². The lowest BCUT2D eigenvalue weighted by Crippen LogP contribution is -2.44. The summed E-state index contributed by atoms with van der Waals surface area (Å²) in [5.41, 5.74) is -0.524. The number of sulfonamides is 1. The number of nitro benzene ring substituents is 1. The number of hydrogen-bond acceptors (Lipinski definition) is 8. The fourth-order valence-corrected chi connectivity index (χ4v) is 4.18. The third-order valence-electron chi connectivity index (χ3n) is 4.26. The second-order valence-corrected chi connectivity index (χ2v) is 7.80. The molecule has 28 heavy (non-hydrogen) atoms. The summed E-state index contributed by atoms with van der Waals surface area (Å²) in [5.74, 6) is 0.378. The Bertz CT molecular complexity index is 774. The van der Waals surface area contributed by atoms with Gasteiger partial charge in [0, 0.05) is 38.8 Å². The highest BCUT2D eigenvalue weighted by molar-refractivity contribution is 7.89. The molecular formula is C15H24Cl2N4O6S. The SMILES string of the molecule is Cl.Cl.O=[N+]([O-])c1cc2c(cc1S(=O)(=O)NCCCN1CCNCC1)OCCO2. The number of ether oxygens (including phenoxy) is 2. The monoisotopic (exact) mass is 458 g/mol. The van der Waals surface area contributed by atoms with E-state index in [1.165, 1.54) is 0 Å². The Balaban J connectivity index is 0.00000196. The number of hydrogen-bond donors (Lipinski definition) is 2. The predicted octanol–water partition coefficient (Wildman–Crippen LogP) is 0.783. The number of halogens is 2. The van der Waals surface area contributed by atoms with Crippen LogP contribution in [0.5, 0.6) is 11.5 Å². The molecule has 1 aromatic carbocycles. The topological polar surface area (TPSA) is 123 Å². The number of benzene rings is 1. The minimum Gasteiger partial charge on any atom is -0.486 e. The number of fused-ring (bicyclic) bond motifs is 1. The van der Waals surface area contributed by atoms with Gasteiger partial charge in [0.2, 0.25) is 10.0 Å². The van der Waals surface area contributed by atoms with Crippen LogP contribution >= 0.6 is 24.8 Å². The lowest BCUT2D eigenvalue weighted by Gasteiger charge is -2.27. The van der Waals surface area contributed by atoms with Crippen molar-refractivity contribution in [2.24, 2.45) is 0 Å². The van der Waals surface area contributed by atoms with Crippen molar-refractivity contribution in [3.63, 3.8) is 0 Å². The van der Waals surface area contributed by atoms with E-state index in [-0.39, 0.29) is 56.1 Å². The molecule has 2 heterocycles. The third-order valence-corrected chi connectivity index (χ3v) is 5.75. The lowest BCUT2D eigenvalue weighted by molar-refractivity contribution is -0.388. The van der Waals surface area contributed by atoms with Crippen molar-refractivity contribution in [3.05, 3.63) is 22.2 Å². The van der Waals surface area contributed by atoms with Gasteiger partial charge in [0.25, 0.3) is 5.69 Å². The molecule has 2 N–H and O–H groups in total. The predicted molar refractivity (Wildman–Crippen MR) is 108 cm³/mol. The van der Waals surface area contributed by atoms with E-state index >= 15 is 0 Å². The molecule has 2 aliphatic rings.